The number of fused-ring (bicyclic) bond motifs is 1. The number of hydrogen-bond donors (Lipinski definition) is 1. The quantitative estimate of drug-likeness (QED) is 0.264. The van der Waals surface area contributed by atoms with E-state index in [1.807, 2.05) is 37.3 Å². The molecule has 7 nitrogen and oxygen atoms in total. The van der Waals surface area contributed by atoms with E-state index in [4.69, 9.17) is 4.84 Å². The van der Waals surface area contributed by atoms with Crippen LogP contribution in [-0.2, 0) is 27.2 Å². The first-order valence-electron chi connectivity index (χ1n) is 12.6. The smallest absolute Gasteiger partial charge is 0.340 e. The number of H-pyrrole nitrogens is 1. The lowest BCUT2D eigenvalue weighted by atomic mass is 9.99. The molecule has 198 valence electrons. The molecule has 1 aliphatic rings. The normalized spacial score (nSPS) is 16.8. The van der Waals surface area contributed by atoms with Gasteiger partial charge in [-0.2, -0.15) is 13.2 Å². The highest BCUT2D eigenvalue weighted by atomic mass is 19.4. The third kappa shape index (κ3) is 6.49. The largest absolute Gasteiger partial charge is 0.416 e. The molecular weight excluding hydrogens is 485 g/mol. The molecule has 1 fully saturated rings. The van der Waals surface area contributed by atoms with Gasteiger partial charge in [-0.05, 0) is 43.0 Å². The van der Waals surface area contributed by atoms with Crippen molar-refractivity contribution >= 4 is 23.4 Å². The zero-order valence-corrected chi connectivity index (χ0v) is 20.7. The molecule has 10 heteroatoms. The van der Waals surface area contributed by atoms with Gasteiger partial charge in [0.2, 0.25) is 12.3 Å². The van der Waals surface area contributed by atoms with Gasteiger partial charge in [0.15, 0.2) is 0 Å². The number of imidazole rings is 1. The molecule has 1 N–H and O–H groups in total. The molecule has 0 bridgehead atoms. The molecule has 2 amide bonds. The van der Waals surface area contributed by atoms with Gasteiger partial charge in [0.05, 0.1) is 35.1 Å². The Hall–Kier alpha value is -3.40. The van der Waals surface area contributed by atoms with Crippen LogP contribution in [0.4, 0.5) is 13.2 Å². The molecule has 1 saturated heterocycles. The standard InChI is InChI=1S/C27H31F3N4O3/c1-2-3-10-20(16-33(18-35)37-17-19-8-5-4-6-9-19)26(36)34-14-7-11-24(34)25-31-22-13-12-21(27(28,29)30)15-23(22)32-25/h4-6,8-9,12-13,15,18,20,24H,2-3,7,10-11,14,16-17H2,1H3,(H,31,32). The monoisotopic (exact) mass is 516 g/mol. The topological polar surface area (TPSA) is 78.5 Å². The summed E-state index contributed by atoms with van der Waals surface area (Å²) in [5.74, 6) is -0.104. The van der Waals surface area contributed by atoms with Crippen molar-refractivity contribution in [2.45, 2.75) is 57.9 Å². The Balaban J connectivity index is 1.50. The number of nitrogens with one attached hydrogen (secondary N) is 1. The number of nitrogens with zero attached hydrogens (tertiary/aromatic N) is 3. The van der Waals surface area contributed by atoms with Gasteiger partial charge in [-0.15, -0.1) is 0 Å². The number of carbonyl (C=O) groups excluding carboxylic acids is 2. The van der Waals surface area contributed by atoms with E-state index < -0.39 is 17.7 Å². The third-order valence-electron chi connectivity index (χ3n) is 6.69. The van der Waals surface area contributed by atoms with E-state index >= 15 is 0 Å². The summed E-state index contributed by atoms with van der Waals surface area (Å²) in [7, 11) is 0. The van der Waals surface area contributed by atoms with Crippen molar-refractivity contribution in [2.24, 2.45) is 5.92 Å². The minimum atomic E-state index is -4.45. The SMILES string of the molecule is CCCCC(CN(C=O)OCc1ccccc1)C(=O)N1CCCC1c1nc2ccc(C(F)(F)F)cc2[nH]1. The maximum atomic E-state index is 13.7. The van der Waals surface area contributed by atoms with Crippen LogP contribution in [0.5, 0.6) is 0 Å². The van der Waals surface area contributed by atoms with Crippen LogP contribution in [0.25, 0.3) is 11.0 Å². The van der Waals surface area contributed by atoms with Crippen LogP contribution in [0.15, 0.2) is 48.5 Å². The lowest BCUT2D eigenvalue weighted by Gasteiger charge is -2.30. The number of hydrogen-bond acceptors (Lipinski definition) is 4. The third-order valence-corrected chi connectivity index (χ3v) is 6.69. The fourth-order valence-electron chi connectivity index (χ4n) is 4.73. The van der Waals surface area contributed by atoms with Crippen molar-refractivity contribution in [1.82, 2.24) is 19.9 Å². The second-order valence-corrected chi connectivity index (χ2v) is 9.34. The Labute approximate surface area is 213 Å². The molecule has 0 aliphatic carbocycles. The number of unbranched alkanes of at least 4 members (excludes halogenated alkanes) is 1. The van der Waals surface area contributed by atoms with Gasteiger partial charge in [-0.1, -0.05) is 50.1 Å². The molecule has 0 spiro atoms. The van der Waals surface area contributed by atoms with Crippen LogP contribution in [0, 0.1) is 5.92 Å². The fourth-order valence-corrected chi connectivity index (χ4v) is 4.73. The lowest BCUT2D eigenvalue weighted by molar-refractivity contribution is -0.183. The summed E-state index contributed by atoms with van der Waals surface area (Å²) < 4.78 is 39.4. The summed E-state index contributed by atoms with van der Waals surface area (Å²) in [4.78, 5) is 40.4. The number of amides is 2. The molecule has 2 unspecified atom stereocenters. The van der Waals surface area contributed by atoms with Crippen molar-refractivity contribution in [2.75, 3.05) is 13.1 Å². The van der Waals surface area contributed by atoms with E-state index in [1.165, 1.54) is 11.1 Å². The summed E-state index contributed by atoms with van der Waals surface area (Å²) in [6.07, 6.45) is -0.158. The number of benzene rings is 2. The highest BCUT2D eigenvalue weighted by molar-refractivity contribution is 5.80. The number of aromatic amines is 1. The number of hydroxylamine groups is 2. The zero-order chi connectivity index (χ0) is 26.4. The molecule has 3 aromatic rings. The van der Waals surface area contributed by atoms with Crippen molar-refractivity contribution in [3.8, 4) is 0 Å². The Kier molecular flexibility index (Phi) is 8.48. The van der Waals surface area contributed by atoms with Gasteiger partial charge < -0.3 is 9.88 Å². The molecule has 1 aromatic heterocycles. The van der Waals surface area contributed by atoms with Gasteiger partial charge in [0.25, 0.3) is 0 Å². The van der Waals surface area contributed by atoms with Crippen LogP contribution in [0.3, 0.4) is 0 Å². The predicted molar refractivity (Wildman–Crippen MR) is 132 cm³/mol. The van der Waals surface area contributed by atoms with Crippen molar-refractivity contribution < 1.29 is 27.6 Å². The van der Waals surface area contributed by atoms with E-state index in [1.54, 1.807) is 4.90 Å². The number of rotatable bonds is 11. The maximum Gasteiger partial charge on any atom is 0.416 e. The van der Waals surface area contributed by atoms with Crippen LogP contribution in [0.1, 0.15) is 62.0 Å². The first-order chi connectivity index (χ1) is 17.8. The molecule has 37 heavy (non-hydrogen) atoms. The fraction of sp³-hybridized carbons (Fsp3) is 0.444. The molecular formula is C27H31F3N4O3. The van der Waals surface area contributed by atoms with E-state index in [0.29, 0.717) is 37.1 Å². The number of alkyl halides is 3. The van der Waals surface area contributed by atoms with E-state index in [-0.39, 0.29) is 30.6 Å². The Morgan fingerprint density at radius 3 is 2.76 bits per heavy atom. The zero-order valence-electron chi connectivity index (χ0n) is 20.7. The molecule has 2 aromatic carbocycles. The number of halogens is 3. The van der Waals surface area contributed by atoms with Crippen LogP contribution >= 0.6 is 0 Å². The lowest BCUT2D eigenvalue weighted by Crippen LogP contribution is -2.41. The number of aromatic nitrogens is 2. The number of likely N-dealkylation sites (tertiary alicyclic amines) is 1. The summed E-state index contributed by atoms with van der Waals surface area (Å²) in [6, 6.07) is 12.5. The average molecular weight is 517 g/mol. The summed E-state index contributed by atoms with van der Waals surface area (Å²) in [6.45, 7) is 2.88. The first-order valence-corrected chi connectivity index (χ1v) is 12.6. The van der Waals surface area contributed by atoms with Gasteiger partial charge in [-0.25, -0.2) is 10.0 Å². The maximum absolute atomic E-state index is 13.7. The molecule has 2 heterocycles. The average Bonchev–Trinajstić information content (AvgIpc) is 3.54. The predicted octanol–water partition coefficient (Wildman–Crippen LogP) is 5.64. The molecule has 2 atom stereocenters. The minimum absolute atomic E-state index is 0.109. The Morgan fingerprint density at radius 1 is 1.27 bits per heavy atom. The molecule has 0 saturated carbocycles. The minimum Gasteiger partial charge on any atom is -0.340 e. The first kappa shape index (κ1) is 26.7. The summed E-state index contributed by atoms with van der Waals surface area (Å²) in [5, 5.41) is 1.18. The second-order valence-electron chi connectivity index (χ2n) is 9.34. The molecule has 4 rings (SSSR count). The van der Waals surface area contributed by atoms with Crippen molar-refractivity contribution in [3.63, 3.8) is 0 Å². The highest BCUT2D eigenvalue weighted by Gasteiger charge is 2.36. The van der Waals surface area contributed by atoms with Crippen LogP contribution in [0.2, 0.25) is 0 Å². The van der Waals surface area contributed by atoms with Crippen LogP contribution < -0.4 is 0 Å². The highest BCUT2D eigenvalue weighted by Crippen LogP contribution is 2.35. The molecule has 0 radical (unpaired) electrons. The van der Waals surface area contributed by atoms with Gasteiger partial charge >= 0.3 is 6.18 Å². The Morgan fingerprint density at radius 2 is 2.05 bits per heavy atom. The van der Waals surface area contributed by atoms with Crippen molar-refractivity contribution in [3.05, 3.63) is 65.5 Å². The van der Waals surface area contributed by atoms with E-state index in [9.17, 15) is 22.8 Å². The summed E-state index contributed by atoms with van der Waals surface area (Å²) >= 11 is 0. The van der Waals surface area contributed by atoms with Gasteiger partial charge in [0.1, 0.15) is 12.4 Å². The van der Waals surface area contributed by atoms with Gasteiger partial charge in [0, 0.05) is 6.54 Å². The van der Waals surface area contributed by atoms with E-state index in [0.717, 1.165) is 37.0 Å². The van der Waals surface area contributed by atoms with Crippen LogP contribution in [-0.4, -0.2) is 45.3 Å². The number of carbonyl (C=O) groups is 2. The Bertz CT molecular complexity index is 1200. The second kappa shape index (κ2) is 11.8. The summed E-state index contributed by atoms with van der Waals surface area (Å²) in [5.41, 5.74) is 0.863. The van der Waals surface area contributed by atoms with E-state index in [2.05, 4.69) is 9.97 Å². The van der Waals surface area contributed by atoms with Crippen molar-refractivity contribution in [1.29, 1.82) is 0 Å². The van der Waals surface area contributed by atoms with Gasteiger partial charge in [-0.3, -0.25) is 14.4 Å². The molecule has 1 aliphatic heterocycles.